The number of guanidine groups is 1. The highest BCUT2D eigenvalue weighted by Gasteiger charge is 2.04. The molecule has 0 fully saturated rings. The maximum atomic E-state index is 4.65. The summed E-state index contributed by atoms with van der Waals surface area (Å²) in [7, 11) is 0. The topological polar surface area (TPSA) is 72.1 Å². The van der Waals surface area contributed by atoms with Gasteiger partial charge in [0, 0.05) is 63.9 Å². The minimum Gasteiger partial charge on any atom is -0.357 e. The summed E-state index contributed by atoms with van der Waals surface area (Å²) in [6.07, 6.45) is 9.49. The van der Waals surface area contributed by atoms with E-state index in [4.69, 9.17) is 0 Å². The van der Waals surface area contributed by atoms with Crippen molar-refractivity contribution in [2.24, 2.45) is 4.99 Å². The van der Waals surface area contributed by atoms with Gasteiger partial charge in [-0.1, -0.05) is 30.3 Å². The number of aliphatic imine (C=N–C) groups is 1. The van der Waals surface area contributed by atoms with Crippen LogP contribution in [0.4, 0.5) is 0 Å². The van der Waals surface area contributed by atoms with E-state index in [0.29, 0.717) is 0 Å². The van der Waals surface area contributed by atoms with Gasteiger partial charge in [-0.05, 0) is 25.0 Å². The number of aromatic nitrogens is 4. The van der Waals surface area contributed by atoms with Crippen LogP contribution >= 0.6 is 24.0 Å². The summed E-state index contributed by atoms with van der Waals surface area (Å²) < 4.78 is 4.13. The third-order valence-corrected chi connectivity index (χ3v) is 4.36. The lowest BCUT2D eigenvalue weighted by atomic mass is 10.2. The molecule has 2 heterocycles. The highest BCUT2D eigenvalue weighted by Crippen LogP contribution is 2.05. The lowest BCUT2D eigenvalue weighted by Crippen LogP contribution is -2.38. The van der Waals surface area contributed by atoms with E-state index in [1.54, 1.807) is 6.20 Å². The number of aryl methyl sites for hydroxylation is 1. The molecule has 8 heteroatoms. The van der Waals surface area contributed by atoms with Crippen LogP contribution < -0.4 is 10.6 Å². The molecule has 1 aromatic carbocycles. The molecule has 0 aliphatic heterocycles. The number of imidazole rings is 1. The van der Waals surface area contributed by atoms with Crippen molar-refractivity contribution in [1.29, 1.82) is 0 Å². The second kappa shape index (κ2) is 13.0. The van der Waals surface area contributed by atoms with Gasteiger partial charge in [0.25, 0.3) is 0 Å². The molecule has 2 aromatic heterocycles. The van der Waals surface area contributed by atoms with Gasteiger partial charge in [0.1, 0.15) is 5.82 Å². The molecule has 29 heavy (non-hydrogen) atoms. The molecule has 2 N–H and O–H groups in total. The van der Waals surface area contributed by atoms with Gasteiger partial charge in [-0.25, -0.2) is 4.98 Å². The molecule has 0 amide bonds. The molecular formula is C21H30IN7. The Morgan fingerprint density at radius 1 is 1.07 bits per heavy atom. The predicted octanol–water partition coefficient (Wildman–Crippen LogP) is 2.93. The zero-order valence-corrected chi connectivity index (χ0v) is 19.2. The Morgan fingerprint density at radius 2 is 1.93 bits per heavy atom. The van der Waals surface area contributed by atoms with Crippen LogP contribution in [0.1, 0.15) is 24.7 Å². The Labute approximate surface area is 189 Å². The van der Waals surface area contributed by atoms with Crippen LogP contribution in [0, 0.1) is 0 Å². The summed E-state index contributed by atoms with van der Waals surface area (Å²) in [4.78, 5) is 9.16. The van der Waals surface area contributed by atoms with Crippen LogP contribution in [-0.2, 0) is 19.5 Å². The van der Waals surface area contributed by atoms with Crippen LogP contribution in [0.3, 0.4) is 0 Å². The predicted molar refractivity (Wildman–Crippen MR) is 128 cm³/mol. The summed E-state index contributed by atoms with van der Waals surface area (Å²) in [5.74, 6) is 1.93. The number of halogens is 1. The monoisotopic (exact) mass is 507 g/mol. The average molecular weight is 507 g/mol. The van der Waals surface area contributed by atoms with Gasteiger partial charge in [-0.2, -0.15) is 5.10 Å². The maximum Gasteiger partial charge on any atom is 0.191 e. The highest BCUT2D eigenvalue weighted by atomic mass is 127. The molecule has 0 radical (unpaired) electrons. The van der Waals surface area contributed by atoms with Crippen LogP contribution in [0.15, 0.2) is 66.2 Å². The zero-order valence-electron chi connectivity index (χ0n) is 16.9. The van der Waals surface area contributed by atoms with Crippen LogP contribution in [-0.4, -0.2) is 44.9 Å². The van der Waals surface area contributed by atoms with Crippen molar-refractivity contribution in [3.8, 4) is 0 Å². The maximum absolute atomic E-state index is 4.65. The molecule has 7 nitrogen and oxygen atoms in total. The molecule has 0 unspecified atom stereocenters. The molecule has 0 aliphatic rings. The number of benzene rings is 1. The Bertz CT molecular complexity index is 828. The van der Waals surface area contributed by atoms with Crippen molar-refractivity contribution in [3.63, 3.8) is 0 Å². The van der Waals surface area contributed by atoms with Crippen LogP contribution in [0.2, 0.25) is 0 Å². The fourth-order valence-electron chi connectivity index (χ4n) is 2.98. The van der Waals surface area contributed by atoms with Crippen molar-refractivity contribution in [1.82, 2.24) is 30.0 Å². The molecule has 0 saturated heterocycles. The first-order valence-electron chi connectivity index (χ1n) is 9.88. The molecule has 0 spiro atoms. The van der Waals surface area contributed by atoms with Crippen molar-refractivity contribution in [2.45, 2.75) is 32.9 Å². The normalized spacial score (nSPS) is 11.1. The summed E-state index contributed by atoms with van der Waals surface area (Å²) in [6, 6.07) is 12.4. The second-order valence-corrected chi connectivity index (χ2v) is 6.52. The van der Waals surface area contributed by atoms with Gasteiger partial charge in [0.15, 0.2) is 5.96 Å². The van der Waals surface area contributed by atoms with E-state index in [1.807, 2.05) is 35.4 Å². The lowest BCUT2D eigenvalue weighted by Gasteiger charge is -2.12. The Kier molecular flexibility index (Phi) is 10.3. The first kappa shape index (κ1) is 22.9. The van der Waals surface area contributed by atoms with Gasteiger partial charge >= 0.3 is 0 Å². The van der Waals surface area contributed by atoms with Gasteiger partial charge in [-0.3, -0.25) is 9.67 Å². The van der Waals surface area contributed by atoms with Crippen molar-refractivity contribution >= 4 is 29.9 Å². The number of hydrogen-bond donors (Lipinski definition) is 2. The molecule has 0 atom stereocenters. The third kappa shape index (κ3) is 7.88. The Balaban J connectivity index is 0.00000300. The molecule has 3 rings (SSSR count). The number of hydrogen-bond acceptors (Lipinski definition) is 3. The first-order chi connectivity index (χ1) is 13.8. The number of rotatable bonds is 10. The molecule has 3 aromatic rings. The average Bonchev–Trinajstić information content (AvgIpc) is 3.38. The summed E-state index contributed by atoms with van der Waals surface area (Å²) >= 11 is 0. The molecular weight excluding hydrogens is 477 g/mol. The van der Waals surface area contributed by atoms with Crippen molar-refractivity contribution in [3.05, 3.63) is 72.6 Å². The van der Waals surface area contributed by atoms with E-state index in [-0.39, 0.29) is 24.0 Å². The molecule has 156 valence electrons. The van der Waals surface area contributed by atoms with E-state index < -0.39 is 0 Å². The standard InChI is InChI=1S/C21H29N7.HI/c1-2-22-21(24-11-6-15-28-16-7-12-26-28)25-13-10-20-23-14-17-27(20)18-19-8-4-3-5-9-19;/h3-5,7-9,12,14,16-17H,2,6,10-11,13,15,18H2,1H3,(H2,22,24,25);1H. The largest absolute Gasteiger partial charge is 0.357 e. The third-order valence-electron chi connectivity index (χ3n) is 4.36. The smallest absolute Gasteiger partial charge is 0.191 e. The lowest BCUT2D eigenvalue weighted by molar-refractivity contribution is 0.583. The fourth-order valence-corrected chi connectivity index (χ4v) is 2.98. The Morgan fingerprint density at radius 3 is 2.69 bits per heavy atom. The van der Waals surface area contributed by atoms with Gasteiger partial charge in [-0.15, -0.1) is 24.0 Å². The van der Waals surface area contributed by atoms with Crippen LogP contribution in [0.25, 0.3) is 0 Å². The van der Waals surface area contributed by atoms with Crippen molar-refractivity contribution < 1.29 is 0 Å². The number of nitrogens with one attached hydrogen (secondary N) is 2. The van der Waals surface area contributed by atoms with E-state index >= 15 is 0 Å². The zero-order chi connectivity index (χ0) is 19.4. The molecule has 0 aliphatic carbocycles. The van der Waals surface area contributed by atoms with Gasteiger partial charge in [0.2, 0.25) is 0 Å². The second-order valence-electron chi connectivity index (χ2n) is 6.52. The Hall–Kier alpha value is -2.36. The van der Waals surface area contributed by atoms with E-state index in [9.17, 15) is 0 Å². The molecule has 0 saturated carbocycles. The first-order valence-corrected chi connectivity index (χ1v) is 9.88. The molecule has 0 bridgehead atoms. The van der Waals surface area contributed by atoms with Crippen molar-refractivity contribution in [2.75, 3.05) is 19.6 Å². The van der Waals surface area contributed by atoms with E-state index in [1.165, 1.54) is 5.56 Å². The SMILES string of the molecule is CCNC(=NCCCn1cccn1)NCCc1nccn1Cc1ccccc1.I. The van der Waals surface area contributed by atoms with Crippen LogP contribution in [0.5, 0.6) is 0 Å². The summed E-state index contributed by atoms with van der Waals surface area (Å²) in [5, 5.41) is 10.9. The minimum atomic E-state index is 0. The summed E-state index contributed by atoms with van der Waals surface area (Å²) in [6.45, 7) is 6.19. The minimum absolute atomic E-state index is 0. The number of nitrogens with zero attached hydrogens (tertiary/aromatic N) is 5. The highest BCUT2D eigenvalue weighted by molar-refractivity contribution is 14.0. The quantitative estimate of drug-likeness (QED) is 0.192. The van der Waals surface area contributed by atoms with Gasteiger partial charge in [0.05, 0.1) is 0 Å². The van der Waals surface area contributed by atoms with E-state index in [2.05, 4.69) is 61.5 Å². The van der Waals surface area contributed by atoms with Gasteiger partial charge < -0.3 is 15.2 Å². The summed E-state index contributed by atoms with van der Waals surface area (Å²) in [5.41, 5.74) is 1.28. The fraction of sp³-hybridized carbons (Fsp3) is 0.381. The van der Waals surface area contributed by atoms with E-state index in [0.717, 1.165) is 57.3 Å².